The van der Waals surface area contributed by atoms with Crippen molar-refractivity contribution in [2.24, 2.45) is 5.92 Å². The third kappa shape index (κ3) is 2.30. The van der Waals surface area contributed by atoms with Crippen LogP contribution in [-0.2, 0) is 14.3 Å². The molecule has 1 saturated carbocycles. The summed E-state index contributed by atoms with van der Waals surface area (Å²) >= 11 is 0. The molecule has 1 aromatic carbocycles. The second-order valence-corrected chi connectivity index (χ2v) is 5.68. The fourth-order valence-electron chi connectivity index (χ4n) is 2.95. The smallest absolute Gasteiger partial charge is 0.323 e. The van der Waals surface area contributed by atoms with Crippen LogP contribution in [-0.4, -0.2) is 30.8 Å². The Balaban J connectivity index is 2.01. The number of anilines is 1. The zero-order chi connectivity index (χ0) is 15.9. The minimum Gasteiger partial charge on any atom is -0.465 e. The van der Waals surface area contributed by atoms with Crippen LogP contribution in [0.25, 0.3) is 0 Å². The molecule has 1 aliphatic heterocycles. The molecule has 5 heteroatoms. The van der Waals surface area contributed by atoms with E-state index in [-0.39, 0.29) is 24.2 Å². The van der Waals surface area contributed by atoms with Gasteiger partial charge in [0.15, 0.2) is 11.7 Å². The molecule has 0 aromatic heterocycles. The van der Waals surface area contributed by atoms with Crippen LogP contribution in [0.2, 0.25) is 0 Å². The van der Waals surface area contributed by atoms with Crippen molar-refractivity contribution in [2.45, 2.75) is 32.6 Å². The third-order valence-electron chi connectivity index (χ3n) is 4.21. The maximum Gasteiger partial charge on any atom is 0.323 e. The number of Topliss-reactive ketones (excluding diaryl/α,β-unsaturated/α-hetero) is 1. The Labute approximate surface area is 129 Å². The summed E-state index contributed by atoms with van der Waals surface area (Å²) in [5, 5.41) is 0. The summed E-state index contributed by atoms with van der Waals surface area (Å²) in [7, 11) is 0. The first kappa shape index (κ1) is 14.8. The number of ketones is 1. The summed E-state index contributed by atoms with van der Waals surface area (Å²) in [4.78, 5) is 38.4. The number of amides is 1. The van der Waals surface area contributed by atoms with E-state index in [0.717, 1.165) is 12.8 Å². The second-order valence-electron chi connectivity index (χ2n) is 5.68. The molecule has 1 heterocycles. The monoisotopic (exact) mass is 301 g/mol. The minimum absolute atomic E-state index is 0.104. The van der Waals surface area contributed by atoms with Crippen molar-refractivity contribution in [3.63, 3.8) is 0 Å². The molecule has 0 radical (unpaired) electrons. The number of carbonyl (C=O) groups is 3. The first-order chi connectivity index (χ1) is 10.6. The van der Waals surface area contributed by atoms with Crippen LogP contribution in [0.1, 0.15) is 48.5 Å². The number of rotatable bonds is 5. The van der Waals surface area contributed by atoms with E-state index in [9.17, 15) is 14.4 Å². The highest BCUT2D eigenvalue weighted by molar-refractivity contribution is 6.16. The number of likely N-dealkylation sites (N-methyl/N-ethyl adjacent to an activating group) is 1. The molecule has 5 nitrogen and oxygen atoms in total. The van der Waals surface area contributed by atoms with Gasteiger partial charge in [0.2, 0.25) is 5.91 Å². The Morgan fingerprint density at radius 1 is 1.27 bits per heavy atom. The van der Waals surface area contributed by atoms with Gasteiger partial charge >= 0.3 is 5.97 Å². The predicted molar refractivity (Wildman–Crippen MR) is 80.9 cm³/mol. The molecule has 0 bridgehead atoms. The molecule has 2 aliphatic rings. The summed E-state index contributed by atoms with van der Waals surface area (Å²) < 4.78 is 5.03. The van der Waals surface area contributed by atoms with Gasteiger partial charge in [0.25, 0.3) is 0 Å². The molecule has 1 fully saturated rings. The average Bonchev–Trinajstić information content (AvgIpc) is 3.30. The number of hydrogen-bond donors (Lipinski definition) is 0. The van der Waals surface area contributed by atoms with Crippen molar-refractivity contribution in [1.82, 2.24) is 0 Å². The molecule has 1 amide bonds. The molecular weight excluding hydrogens is 282 g/mol. The molecule has 1 atom stereocenters. The Hall–Kier alpha value is -2.17. The van der Waals surface area contributed by atoms with Crippen molar-refractivity contribution in [3.05, 3.63) is 29.3 Å². The van der Waals surface area contributed by atoms with E-state index in [1.54, 1.807) is 30.0 Å². The topological polar surface area (TPSA) is 63.7 Å². The van der Waals surface area contributed by atoms with Crippen molar-refractivity contribution in [1.29, 1.82) is 0 Å². The van der Waals surface area contributed by atoms with Gasteiger partial charge < -0.3 is 9.64 Å². The standard InChI is InChI=1S/C17H19NO4/c1-3-18-13-8-7-11(15(19)10-5-6-10)9-12(13)14(16(18)20)17(21)22-4-2/h7-10,14H,3-6H2,1-2H3. The molecule has 0 N–H and O–H groups in total. The number of nitrogens with zero attached hydrogens (tertiary/aromatic N) is 1. The van der Waals surface area contributed by atoms with Gasteiger partial charge in [-0.3, -0.25) is 14.4 Å². The Kier molecular flexibility index (Phi) is 3.72. The molecule has 0 saturated heterocycles. The molecule has 1 aliphatic carbocycles. The van der Waals surface area contributed by atoms with Gasteiger partial charge in [-0.2, -0.15) is 0 Å². The fourth-order valence-corrected chi connectivity index (χ4v) is 2.95. The fraction of sp³-hybridized carbons (Fsp3) is 0.471. The summed E-state index contributed by atoms with van der Waals surface area (Å²) in [6, 6.07) is 5.22. The van der Waals surface area contributed by atoms with Gasteiger partial charge in [0.1, 0.15) is 0 Å². The Morgan fingerprint density at radius 2 is 2.00 bits per heavy atom. The van der Waals surface area contributed by atoms with Crippen LogP contribution in [0, 0.1) is 5.92 Å². The number of benzene rings is 1. The second kappa shape index (κ2) is 5.55. The van der Waals surface area contributed by atoms with Crippen LogP contribution in [0.15, 0.2) is 18.2 Å². The van der Waals surface area contributed by atoms with E-state index in [4.69, 9.17) is 4.74 Å². The van der Waals surface area contributed by atoms with Crippen LogP contribution in [0.5, 0.6) is 0 Å². The highest BCUT2D eigenvalue weighted by atomic mass is 16.5. The summed E-state index contributed by atoms with van der Waals surface area (Å²) in [6.45, 7) is 4.28. The lowest BCUT2D eigenvalue weighted by molar-refractivity contribution is -0.147. The first-order valence-corrected chi connectivity index (χ1v) is 7.74. The van der Waals surface area contributed by atoms with E-state index in [1.807, 2.05) is 6.92 Å². The SMILES string of the molecule is CCOC(=O)C1C(=O)N(CC)c2ccc(C(=O)C3CC3)cc21. The lowest BCUT2D eigenvalue weighted by Crippen LogP contribution is -2.32. The molecular formula is C17H19NO4. The Morgan fingerprint density at radius 3 is 2.59 bits per heavy atom. The molecule has 1 aromatic rings. The van der Waals surface area contributed by atoms with E-state index < -0.39 is 11.9 Å². The lowest BCUT2D eigenvalue weighted by Gasteiger charge is -2.14. The van der Waals surface area contributed by atoms with Crippen molar-refractivity contribution < 1.29 is 19.1 Å². The van der Waals surface area contributed by atoms with Crippen LogP contribution < -0.4 is 4.90 Å². The Bertz CT molecular complexity index is 648. The maximum absolute atomic E-state index is 12.5. The maximum atomic E-state index is 12.5. The zero-order valence-electron chi connectivity index (χ0n) is 12.8. The average molecular weight is 301 g/mol. The van der Waals surface area contributed by atoms with Gasteiger partial charge in [-0.15, -0.1) is 0 Å². The van der Waals surface area contributed by atoms with Crippen LogP contribution in [0.4, 0.5) is 5.69 Å². The van der Waals surface area contributed by atoms with Gasteiger partial charge in [-0.25, -0.2) is 0 Å². The summed E-state index contributed by atoms with van der Waals surface area (Å²) in [5.41, 5.74) is 1.89. The van der Waals surface area contributed by atoms with E-state index >= 15 is 0 Å². The van der Waals surface area contributed by atoms with E-state index in [2.05, 4.69) is 0 Å². The third-order valence-corrected chi connectivity index (χ3v) is 4.21. The van der Waals surface area contributed by atoms with Gasteiger partial charge in [0, 0.05) is 29.3 Å². The highest BCUT2D eigenvalue weighted by Crippen LogP contribution is 2.40. The normalized spacial score (nSPS) is 20.0. The number of esters is 1. The van der Waals surface area contributed by atoms with Gasteiger partial charge in [0.05, 0.1) is 6.61 Å². The number of ether oxygens (including phenoxy) is 1. The zero-order valence-corrected chi connectivity index (χ0v) is 12.8. The molecule has 0 spiro atoms. The van der Waals surface area contributed by atoms with Crippen molar-refractivity contribution in [2.75, 3.05) is 18.1 Å². The van der Waals surface area contributed by atoms with Crippen LogP contribution in [0.3, 0.4) is 0 Å². The first-order valence-electron chi connectivity index (χ1n) is 7.74. The predicted octanol–water partition coefficient (Wildman–Crippen LogP) is 2.29. The highest BCUT2D eigenvalue weighted by Gasteiger charge is 2.43. The van der Waals surface area contributed by atoms with Crippen molar-refractivity contribution >= 4 is 23.3 Å². The lowest BCUT2D eigenvalue weighted by atomic mass is 9.96. The van der Waals surface area contributed by atoms with Gasteiger partial charge in [-0.1, -0.05) is 0 Å². The summed E-state index contributed by atoms with van der Waals surface area (Å²) in [6.07, 6.45) is 1.86. The van der Waals surface area contributed by atoms with E-state index in [1.165, 1.54) is 0 Å². The summed E-state index contributed by atoms with van der Waals surface area (Å²) in [5.74, 6) is -1.54. The quantitative estimate of drug-likeness (QED) is 0.475. The van der Waals surface area contributed by atoms with E-state index in [0.29, 0.717) is 23.4 Å². The van der Waals surface area contributed by atoms with Gasteiger partial charge in [-0.05, 0) is 44.9 Å². The van der Waals surface area contributed by atoms with Crippen LogP contribution >= 0.6 is 0 Å². The van der Waals surface area contributed by atoms with Crippen molar-refractivity contribution in [3.8, 4) is 0 Å². The number of fused-ring (bicyclic) bond motifs is 1. The molecule has 116 valence electrons. The molecule has 22 heavy (non-hydrogen) atoms. The largest absolute Gasteiger partial charge is 0.465 e. The molecule has 3 rings (SSSR count). The number of carbonyl (C=O) groups excluding carboxylic acids is 3. The number of hydrogen-bond acceptors (Lipinski definition) is 4. The minimum atomic E-state index is -0.943. The molecule has 1 unspecified atom stereocenters.